The molecule has 0 amide bonds. The molecule has 19 heavy (non-hydrogen) atoms. The van der Waals surface area contributed by atoms with Crippen LogP contribution in [0.5, 0.6) is 0 Å². The Kier molecular flexibility index (Phi) is 4.64. The predicted molar refractivity (Wildman–Crippen MR) is 86.9 cm³/mol. The summed E-state index contributed by atoms with van der Waals surface area (Å²) in [4.78, 5) is 1.00. The quantitative estimate of drug-likeness (QED) is 0.565. The van der Waals surface area contributed by atoms with Crippen molar-refractivity contribution in [3.05, 3.63) is 78.9 Å². The van der Waals surface area contributed by atoms with E-state index < -0.39 is 0 Å². The van der Waals surface area contributed by atoms with Crippen LogP contribution >= 0.6 is 12.6 Å². The lowest BCUT2D eigenvalue weighted by Crippen LogP contribution is -1.88. The van der Waals surface area contributed by atoms with Crippen molar-refractivity contribution in [2.45, 2.75) is 17.7 Å². The summed E-state index contributed by atoms with van der Waals surface area (Å²) in [6, 6.07) is 14.9. The van der Waals surface area contributed by atoms with Crippen LogP contribution in [0.25, 0.3) is 11.1 Å². The molecule has 1 heteroatoms. The average molecular weight is 266 g/mol. The Morgan fingerprint density at radius 3 is 2.26 bits per heavy atom. The van der Waals surface area contributed by atoms with Gasteiger partial charge in [0.2, 0.25) is 0 Å². The summed E-state index contributed by atoms with van der Waals surface area (Å²) in [5.74, 6) is 0. The lowest BCUT2D eigenvalue weighted by atomic mass is 9.99. The van der Waals surface area contributed by atoms with E-state index in [9.17, 15) is 0 Å². The van der Waals surface area contributed by atoms with E-state index in [1.165, 1.54) is 22.3 Å². The molecule has 0 saturated carbocycles. The van der Waals surface area contributed by atoms with E-state index in [2.05, 4.69) is 68.3 Å². The van der Waals surface area contributed by atoms with Crippen LogP contribution in [-0.2, 0) is 12.8 Å². The zero-order valence-corrected chi connectivity index (χ0v) is 11.9. The maximum absolute atomic E-state index is 4.57. The lowest BCUT2D eigenvalue weighted by Gasteiger charge is -2.09. The topological polar surface area (TPSA) is 0 Å². The van der Waals surface area contributed by atoms with Crippen LogP contribution in [0.4, 0.5) is 0 Å². The molecule has 0 N–H and O–H groups in total. The molecule has 0 aliphatic heterocycles. The standard InChI is InChI=1S/C18H18S/c1-3-6-14-8-5-9-16(12-14)17-13-15(7-4-2)10-11-18(17)19/h3-5,8-13,19H,1-2,6-7H2. The van der Waals surface area contributed by atoms with Gasteiger partial charge in [-0.3, -0.25) is 0 Å². The monoisotopic (exact) mass is 266 g/mol. The molecule has 0 spiro atoms. The summed E-state index contributed by atoms with van der Waals surface area (Å²) >= 11 is 4.57. The Hall–Kier alpha value is -1.73. The lowest BCUT2D eigenvalue weighted by molar-refractivity contribution is 1.24. The van der Waals surface area contributed by atoms with Crippen molar-refractivity contribution < 1.29 is 0 Å². The van der Waals surface area contributed by atoms with Gasteiger partial charge in [-0.1, -0.05) is 42.5 Å². The minimum absolute atomic E-state index is 0.882. The molecule has 2 aromatic rings. The van der Waals surface area contributed by atoms with E-state index in [0.29, 0.717) is 0 Å². The molecule has 0 fully saturated rings. The SMILES string of the molecule is C=CCc1cccc(-c2cc(CC=C)ccc2S)c1. The first-order valence-electron chi connectivity index (χ1n) is 6.37. The number of benzene rings is 2. The molecule has 0 nitrogen and oxygen atoms in total. The average Bonchev–Trinajstić information content (AvgIpc) is 2.42. The minimum atomic E-state index is 0.882. The van der Waals surface area contributed by atoms with Crippen LogP contribution < -0.4 is 0 Å². The van der Waals surface area contributed by atoms with E-state index in [-0.39, 0.29) is 0 Å². The third kappa shape index (κ3) is 3.39. The molecular weight excluding hydrogens is 248 g/mol. The molecule has 96 valence electrons. The van der Waals surface area contributed by atoms with Gasteiger partial charge >= 0.3 is 0 Å². The summed E-state index contributed by atoms with van der Waals surface area (Å²) in [5, 5.41) is 0. The Balaban J connectivity index is 2.44. The highest BCUT2D eigenvalue weighted by molar-refractivity contribution is 7.80. The van der Waals surface area contributed by atoms with Crippen molar-refractivity contribution in [1.82, 2.24) is 0 Å². The largest absolute Gasteiger partial charge is 0.143 e. The van der Waals surface area contributed by atoms with Gasteiger partial charge in [-0.05, 0) is 47.2 Å². The fourth-order valence-electron chi connectivity index (χ4n) is 2.14. The molecule has 0 aliphatic rings. The van der Waals surface area contributed by atoms with Gasteiger partial charge < -0.3 is 0 Å². The van der Waals surface area contributed by atoms with Crippen molar-refractivity contribution in [3.63, 3.8) is 0 Å². The summed E-state index contributed by atoms with van der Waals surface area (Å²) in [6.45, 7) is 7.58. The smallest absolute Gasteiger partial charge is 0.0119 e. The molecule has 2 aromatic carbocycles. The summed E-state index contributed by atoms with van der Waals surface area (Å²) in [5.41, 5.74) is 4.91. The van der Waals surface area contributed by atoms with Crippen molar-refractivity contribution in [2.75, 3.05) is 0 Å². The maximum atomic E-state index is 4.57. The zero-order chi connectivity index (χ0) is 13.7. The van der Waals surface area contributed by atoms with Gasteiger partial charge in [-0.25, -0.2) is 0 Å². The maximum Gasteiger partial charge on any atom is 0.0119 e. The third-order valence-corrected chi connectivity index (χ3v) is 3.45. The van der Waals surface area contributed by atoms with Crippen molar-refractivity contribution in [2.24, 2.45) is 0 Å². The first-order valence-corrected chi connectivity index (χ1v) is 6.82. The summed E-state index contributed by atoms with van der Waals surface area (Å²) < 4.78 is 0. The Morgan fingerprint density at radius 1 is 0.895 bits per heavy atom. The van der Waals surface area contributed by atoms with Crippen LogP contribution in [0.2, 0.25) is 0 Å². The number of thiol groups is 1. The molecule has 0 radical (unpaired) electrons. The van der Waals surface area contributed by atoms with Crippen LogP contribution in [0.3, 0.4) is 0 Å². The van der Waals surface area contributed by atoms with Crippen molar-refractivity contribution in [3.8, 4) is 11.1 Å². The van der Waals surface area contributed by atoms with Gasteiger partial charge in [0.1, 0.15) is 0 Å². The zero-order valence-electron chi connectivity index (χ0n) is 11.0. The highest BCUT2D eigenvalue weighted by Gasteiger charge is 2.04. The minimum Gasteiger partial charge on any atom is -0.143 e. The highest BCUT2D eigenvalue weighted by atomic mass is 32.1. The van der Waals surface area contributed by atoms with Gasteiger partial charge in [0, 0.05) is 4.90 Å². The third-order valence-electron chi connectivity index (χ3n) is 3.06. The first kappa shape index (κ1) is 13.7. The van der Waals surface area contributed by atoms with E-state index in [4.69, 9.17) is 0 Å². The molecule has 0 atom stereocenters. The van der Waals surface area contributed by atoms with Gasteiger partial charge in [0.25, 0.3) is 0 Å². The molecule has 0 saturated heterocycles. The van der Waals surface area contributed by atoms with Gasteiger partial charge in [0.15, 0.2) is 0 Å². The number of rotatable bonds is 5. The predicted octanol–water partition coefficient (Wildman–Crippen LogP) is 5.10. The molecule has 0 aliphatic carbocycles. The number of hydrogen-bond acceptors (Lipinski definition) is 1. The molecule has 0 bridgehead atoms. The number of allylic oxidation sites excluding steroid dienone is 2. The van der Waals surface area contributed by atoms with Crippen LogP contribution in [-0.4, -0.2) is 0 Å². The van der Waals surface area contributed by atoms with E-state index in [1.54, 1.807) is 0 Å². The van der Waals surface area contributed by atoms with Gasteiger partial charge in [-0.2, -0.15) is 0 Å². The number of hydrogen-bond donors (Lipinski definition) is 1. The Bertz CT molecular complexity index is 596. The molecule has 0 heterocycles. The van der Waals surface area contributed by atoms with E-state index in [1.807, 2.05) is 12.2 Å². The second-order valence-corrected chi connectivity index (χ2v) is 5.02. The van der Waals surface area contributed by atoms with Crippen LogP contribution in [0.1, 0.15) is 11.1 Å². The van der Waals surface area contributed by atoms with Gasteiger partial charge in [0.05, 0.1) is 0 Å². The molecular formula is C18H18S. The Morgan fingerprint density at radius 2 is 1.58 bits per heavy atom. The van der Waals surface area contributed by atoms with Crippen molar-refractivity contribution >= 4 is 12.6 Å². The van der Waals surface area contributed by atoms with Crippen LogP contribution in [0, 0.1) is 0 Å². The van der Waals surface area contributed by atoms with E-state index in [0.717, 1.165) is 17.7 Å². The second-order valence-electron chi connectivity index (χ2n) is 4.54. The van der Waals surface area contributed by atoms with Gasteiger partial charge in [-0.15, -0.1) is 25.8 Å². The fraction of sp³-hybridized carbons (Fsp3) is 0.111. The molecule has 2 rings (SSSR count). The van der Waals surface area contributed by atoms with Crippen LogP contribution in [0.15, 0.2) is 72.7 Å². The van der Waals surface area contributed by atoms with E-state index >= 15 is 0 Å². The molecule has 0 aromatic heterocycles. The van der Waals surface area contributed by atoms with Crippen molar-refractivity contribution in [1.29, 1.82) is 0 Å². The summed E-state index contributed by atoms with van der Waals surface area (Å²) in [6.07, 6.45) is 5.62. The molecule has 0 unspecified atom stereocenters. The highest BCUT2D eigenvalue weighted by Crippen LogP contribution is 2.28. The Labute approximate surface area is 120 Å². The fourth-order valence-corrected chi connectivity index (χ4v) is 2.41. The summed E-state index contributed by atoms with van der Waals surface area (Å²) in [7, 11) is 0. The normalized spacial score (nSPS) is 10.2. The second kappa shape index (κ2) is 6.44. The first-order chi connectivity index (χ1) is 9.24.